The summed E-state index contributed by atoms with van der Waals surface area (Å²) in [5, 5.41) is 3.29. The molecule has 0 spiro atoms. The fraction of sp³-hybridized carbons (Fsp3) is 0.588. The maximum Gasteiger partial charge on any atom is 0.416 e. The normalized spacial score (nSPS) is 22.7. The van der Waals surface area contributed by atoms with Crippen molar-refractivity contribution < 1.29 is 18.0 Å². The van der Waals surface area contributed by atoms with E-state index < -0.39 is 17.7 Å². The Kier molecular flexibility index (Phi) is 7.10. The van der Waals surface area contributed by atoms with Gasteiger partial charge in [-0.3, -0.25) is 4.79 Å². The zero-order valence-corrected chi connectivity index (χ0v) is 14.9. The molecule has 0 radical (unpaired) electrons. The Labute approximate surface area is 147 Å². The maximum atomic E-state index is 13.1. The molecule has 2 rings (SSSR count). The number of rotatable bonds is 3. The van der Waals surface area contributed by atoms with Gasteiger partial charge in [-0.2, -0.15) is 13.2 Å². The fourth-order valence-electron chi connectivity index (χ4n) is 3.08. The zero-order valence-electron chi connectivity index (χ0n) is 14.1. The van der Waals surface area contributed by atoms with Crippen LogP contribution in [-0.2, 0) is 11.0 Å². The van der Waals surface area contributed by atoms with E-state index in [0.29, 0.717) is 13.1 Å². The second-order valence-electron chi connectivity index (χ2n) is 6.26. The van der Waals surface area contributed by atoms with Crippen molar-refractivity contribution in [1.29, 1.82) is 0 Å². The van der Waals surface area contributed by atoms with Gasteiger partial charge in [-0.15, -0.1) is 12.4 Å². The largest absolute Gasteiger partial charge is 0.416 e. The quantitative estimate of drug-likeness (QED) is 0.884. The number of halogens is 4. The Balaban J connectivity index is 0.00000288. The van der Waals surface area contributed by atoms with Gasteiger partial charge in [-0.05, 0) is 31.4 Å². The van der Waals surface area contributed by atoms with E-state index in [4.69, 9.17) is 0 Å². The van der Waals surface area contributed by atoms with Gasteiger partial charge in [0.05, 0.1) is 5.56 Å². The number of hydrogen-bond acceptors (Lipinski definition) is 2. The standard InChI is InChI=1S/C17H23F3N2O.ClH/c1-11(14-6-4-5-7-15(14)17(18,19)20)10-16(23)22-9-8-21-12(2)13(22)3;/h4-7,11-13,21H,8-10H2,1-3H3;1H. The van der Waals surface area contributed by atoms with Crippen molar-refractivity contribution in [2.75, 3.05) is 13.1 Å². The molecule has 1 heterocycles. The molecule has 0 bridgehead atoms. The van der Waals surface area contributed by atoms with E-state index in [0.717, 1.165) is 6.07 Å². The van der Waals surface area contributed by atoms with Crippen LogP contribution in [0.15, 0.2) is 24.3 Å². The number of hydrogen-bond donors (Lipinski definition) is 1. The molecule has 1 aliphatic rings. The lowest BCUT2D eigenvalue weighted by molar-refractivity contribution is -0.139. The van der Waals surface area contributed by atoms with E-state index in [2.05, 4.69) is 5.32 Å². The zero-order chi connectivity index (χ0) is 17.2. The lowest BCUT2D eigenvalue weighted by Gasteiger charge is -2.39. The molecule has 7 heteroatoms. The number of alkyl halides is 3. The summed E-state index contributed by atoms with van der Waals surface area (Å²) in [5.74, 6) is -0.562. The highest BCUT2D eigenvalue weighted by Crippen LogP contribution is 2.36. The molecule has 0 aliphatic carbocycles. The third kappa shape index (κ3) is 4.63. The molecule has 0 saturated carbocycles. The summed E-state index contributed by atoms with van der Waals surface area (Å²) >= 11 is 0. The Hall–Kier alpha value is -1.27. The number of nitrogens with zero attached hydrogens (tertiary/aromatic N) is 1. The second-order valence-corrected chi connectivity index (χ2v) is 6.26. The number of carbonyl (C=O) groups is 1. The van der Waals surface area contributed by atoms with Gasteiger partial charge in [0.15, 0.2) is 0 Å². The van der Waals surface area contributed by atoms with Crippen LogP contribution in [0, 0.1) is 0 Å². The van der Waals surface area contributed by atoms with Gasteiger partial charge in [0, 0.05) is 31.6 Å². The molecule has 3 nitrogen and oxygen atoms in total. The topological polar surface area (TPSA) is 32.3 Å². The second kappa shape index (κ2) is 8.21. The molecule has 1 amide bonds. The molecular weight excluding hydrogens is 341 g/mol. The highest BCUT2D eigenvalue weighted by molar-refractivity contribution is 5.85. The highest BCUT2D eigenvalue weighted by atomic mass is 35.5. The Morgan fingerprint density at radius 1 is 1.33 bits per heavy atom. The molecule has 1 aliphatic heterocycles. The molecule has 1 aromatic rings. The number of amides is 1. The van der Waals surface area contributed by atoms with E-state index in [-0.39, 0.29) is 42.4 Å². The van der Waals surface area contributed by atoms with Crippen LogP contribution in [0.5, 0.6) is 0 Å². The van der Waals surface area contributed by atoms with E-state index in [1.807, 2.05) is 13.8 Å². The highest BCUT2D eigenvalue weighted by Gasteiger charge is 2.35. The van der Waals surface area contributed by atoms with Gasteiger partial charge in [0.1, 0.15) is 0 Å². The van der Waals surface area contributed by atoms with Crippen LogP contribution in [0.3, 0.4) is 0 Å². The molecule has 1 aromatic carbocycles. The van der Waals surface area contributed by atoms with Crippen LogP contribution in [0.4, 0.5) is 13.2 Å². The van der Waals surface area contributed by atoms with Crippen LogP contribution in [0.1, 0.15) is 44.2 Å². The Bertz CT molecular complexity index is 565. The van der Waals surface area contributed by atoms with Crippen molar-refractivity contribution in [2.24, 2.45) is 0 Å². The molecule has 3 atom stereocenters. The molecule has 1 saturated heterocycles. The fourth-order valence-corrected chi connectivity index (χ4v) is 3.08. The first-order valence-electron chi connectivity index (χ1n) is 7.90. The van der Waals surface area contributed by atoms with Crippen LogP contribution in [0.2, 0.25) is 0 Å². The first kappa shape index (κ1) is 20.8. The first-order valence-corrected chi connectivity index (χ1v) is 7.90. The first-order chi connectivity index (χ1) is 10.7. The minimum Gasteiger partial charge on any atom is -0.337 e. The summed E-state index contributed by atoms with van der Waals surface area (Å²) in [6.07, 6.45) is -4.31. The van der Waals surface area contributed by atoms with E-state index >= 15 is 0 Å². The van der Waals surface area contributed by atoms with Crippen LogP contribution in [0.25, 0.3) is 0 Å². The van der Waals surface area contributed by atoms with Crippen molar-refractivity contribution >= 4 is 18.3 Å². The van der Waals surface area contributed by atoms with E-state index in [1.165, 1.54) is 12.1 Å². The number of nitrogens with one attached hydrogen (secondary N) is 1. The Morgan fingerprint density at radius 2 is 1.96 bits per heavy atom. The SMILES string of the molecule is CC(CC(=O)N1CCNC(C)C1C)c1ccccc1C(F)(F)F.Cl. The van der Waals surface area contributed by atoms with Gasteiger partial charge < -0.3 is 10.2 Å². The van der Waals surface area contributed by atoms with Crippen molar-refractivity contribution in [3.63, 3.8) is 0 Å². The monoisotopic (exact) mass is 364 g/mol. The predicted molar refractivity (Wildman–Crippen MR) is 90.4 cm³/mol. The van der Waals surface area contributed by atoms with E-state index in [1.54, 1.807) is 17.9 Å². The molecule has 1 N–H and O–H groups in total. The van der Waals surface area contributed by atoms with Crippen molar-refractivity contribution in [3.8, 4) is 0 Å². The lowest BCUT2D eigenvalue weighted by atomic mass is 9.92. The number of carbonyl (C=O) groups excluding carboxylic acids is 1. The van der Waals surface area contributed by atoms with Crippen LogP contribution < -0.4 is 5.32 Å². The third-order valence-corrected chi connectivity index (χ3v) is 4.63. The third-order valence-electron chi connectivity index (χ3n) is 4.63. The summed E-state index contributed by atoms with van der Waals surface area (Å²) in [6.45, 7) is 6.96. The van der Waals surface area contributed by atoms with Gasteiger partial charge >= 0.3 is 6.18 Å². The van der Waals surface area contributed by atoms with E-state index in [9.17, 15) is 18.0 Å². The minimum absolute atomic E-state index is 0. The lowest BCUT2D eigenvalue weighted by Crippen LogP contribution is -2.57. The summed E-state index contributed by atoms with van der Waals surface area (Å²) in [6, 6.07) is 5.73. The average molecular weight is 365 g/mol. The van der Waals surface area contributed by atoms with Gasteiger partial charge in [0.25, 0.3) is 0 Å². The maximum absolute atomic E-state index is 13.1. The van der Waals surface area contributed by atoms with Crippen molar-refractivity contribution in [3.05, 3.63) is 35.4 Å². The Morgan fingerprint density at radius 3 is 2.58 bits per heavy atom. The summed E-state index contributed by atoms with van der Waals surface area (Å²) in [5.41, 5.74) is -0.466. The predicted octanol–water partition coefficient (Wildman–Crippen LogP) is 3.83. The molecular formula is C17H24ClF3N2O. The molecule has 0 aromatic heterocycles. The van der Waals surface area contributed by atoms with Gasteiger partial charge in [-0.25, -0.2) is 0 Å². The minimum atomic E-state index is -4.40. The van der Waals surface area contributed by atoms with Gasteiger partial charge in [-0.1, -0.05) is 25.1 Å². The van der Waals surface area contributed by atoms with Crippen molar-refractivity contribution in [1.82, 2.24) is 10.2 Å². The number of benzene rings is 1. The van der Waals surface area contributed by atoms with Crippen molar-refractivity contribution in [2.45, 2.75) is 51.4 Å². The average Bonchev–Trinajstić information content (AvgIpc) is 2.49. The molecule has 136 valence electrons. The smallest absolute Gasteiger partial charge is 0.337 e. The summed E-state index contributed by atoms with van der Waals surface area (Å²) < 4.78 is 39.3. The summed E-state index contributed by atoms with van der Waals surface area (Å²) in [7, 11) is 0. The molecule has 3 unspecified atom stereocenters. The van der Waals surface area contributed by atoms with Crippen LogP contribution in [-0.4, -0.2) is 36.0 Å². The number of piperazine rings is 1. The summed E-state index contributed by atoms with van der Waals surface area (Å²) in [4.78, 5) is 14.3. The molecule has 1 fully saturated rings. The molecule has 24 heavy (non-hydrogen) atoms. The van der Waals surface area contributed by atoms with Crippen LogP contribution >= 0.6 is 12.4 Å². The van der Waals surface area contributed by atoms with Gasteiger partial charge in [0.2, 0.25) is 5.91 Å².